The second-order valence-electron chi connectivity index (χ2n) is 2.22. The van der Waals surface area contributed by atoms with Gasteiger partial charge in [0.1, 0.15) is 0 Å². The summed E-state index contributed by atoms with van der Waals surface area (Å²) in [5.74, 6) is 0. The highest BCUT2D eigenvalue weighted by atomic mass is 31.1. The van der Waals surface area contributed by atoms with E-state index < -0.39 is 0 Å². The van der Waals surface area contributed by atoms with E-state index >= 15 is 0 Å². The quantitative estimate of drug-likeness (QED) is 0.391. The highest BCUT2D eigenvalue weighted by molar-refractivity contribution is 7.56. The molecule has 0 aromatic rings. The first kappa shape index (κ1) is 5.53. The Morgan fingerprint density at radius 2 is 2.29 bits per heavy atom. The molecule has 1 nitrogen and oxygen atoms in total. The van der Waals surface area contributed by atoms with Crippen LogP contribution >= 0.6 is 7.92 Å². The molecule has 1 aliphatic heterocycles. The third-order valence-corrected chi connectivity index (χ3v) is 2.11. The predicted octanol–water partition coefficient (Wildman–Crippen LogP) is 1.13. The normalized spacial score (nSPS) is 28.7. The number of ether oxygens (including phenoxy) is 1. The first-order valence-corrected chi connectivity index (χ1v) is 4.97. The minimum atomic E-state index is 0.298. The minimum Gasteiger partial charge on any atom is -0.373 e. The molecule has 7 heavy (non-hydrogen) atoms. The van der Waals surface area contributed by atoms with Crippen LogP contribution in [0.3, 0.4) is 0 Å². The third kappa shape index (κ3) is 2.25. The lowest BCUT2D eigenvalue weighted by Gasteiger charge is -1.97. The molecule has 0 bridgehead atoms. The number of epoxide rings is 1. The summed E-state index contributed by atoms with van der Waals surface area (Å²) in [6.45, 7) is 5.61. The van der Waals surface area contributed by atoms with E-state index in [1.165, 1.54) is 6.16 Å². The molecule has 0 N–H and O–H groups in total. The van der Waals surface area contributed by atoms with Gasteiger partial charge in [0, 0.05) is 0 Å². The van der Waals surface area contributed by atoms with Gasteiger partial charge in [0.25, 0.3) is 0 Å². The van der Waals surface area contributed by atoms with Crippen molar-refractivity contribution in [3.63, 3.8) is 0 Å². The highest BCUT2D eigenvalue weighted by Crippen LogP contribution is 2.30. The largest absolute Gasteiger partial charge is 0.373 e. The van der Waals surface area contributed by atoms with Gasteiger partial charge in [-0.1, -0.05) is 0 Å². The van der Waals surface area contributed by atoms with E-state index in [0.29, 0.717) is 14.0 Å². The van der Waals surface area contributed by atoms with Crippen LogP contribution in [0.2, 0.25) is 0 Å². The molecule has 2 heteroatoms. The zero-order valence-corrected chi connectivity index (χ0v) is 5.74. The summed E-state index contributed by atoms with van der Waals surface area (Å²) in [7, 11) is 0.298. The van der Waals surface area contributed by atoms with E-state index in [1.807, 2.05) is 0 Å². The first-order chi connectivity index (χ1) is 3.29. The molecule has 1 saturated heterocycles. The average Bonchev–Trinajstić information content (AvgIpc) is 2.17. The molecule has 0 spiro atoms. The zero-order valence-electron chi connectivity index (χ0n) is 4.85. The van der Waals surface area contributed by atoms with Crippen LogP contribution in [-0.4, -0.2) is 32.2 Å². The van der Waals surface area contributed by atoms with E-state index in [1.54, 1.807) is 0 Å². The molecule has 1 unspecified atom stereocenters. The van der Waals surface area contributed by atoms with Gasteiger partial charge in [0.05, 0.1) is 12.7 Å². The molecule has 0 aromatic carbocycles. The van der Waals surface area contributed by atoms with Gasteiger partial charge in [0.15, 0.2) is 0 Å². The van der Waals surface area contributed by atoms with Gasteiger partial charge in [-0.15, -0.1) is 7.92 Å². The molecule has 42 valence electrons. The van der Waals surface area contributed by atoms with Crippen LogP contribution in [0.15, 0.2) is 0 Å². The Balaban J connectivity index is 1.97. The van der Waals surface area contributed by atoms with E-state index in [9.17, 15) is 0 Å². The SMILES string of the molecule is CP(C)CC1CO1. The van der Waals surface area contributed by atoms with Crippen LogP contribution in [-0.2, 0) is 4.74 Å². The van der Waals surface area contributed by atoms with E-state index in [2.05, 4.69) is 13.3 Å². The summed E-state index contributed by atoms with van der Waals surface area (Å²) in [6, 6.07) is 0. The van der Waals surface area contributed by atoms with Crippen molar-refractivity contribution in [2.75, 3.05) is 26.1 Å². The summed E-state index contributed by atoms with van der Waals surface area (Å²) in [4.78, 5) is 0. The Bertz CT molecular complexity index is 59.1. The first-order valence-electron chi connectivity index (χ1n) is 2.55. The Kier molecular flexibility index (Phi) is 1.66. The van der Waals surface area contributed by atoms with Crippen LogP contribution in [0.4, 0.5) is 0 Å². The van der Waals surface area contributed by atoms with Crippen molar-refractivity contribution in [2.45, 2.75) is 6.10 Å². The Labute approximate surface area is 45.8 Å². The molecular formula is C5H11OP. The molecule has 0 aromatic heterocycles. The highest BCUT2D eigenvalue weighted by Gasteiger charge is 2.22. The molecule has 1 fully saturated rings. The lowest BCUT2D eigenvalue weighted by molar-refractivity contribution is 0.425. The van der Waals surface area contributed by atoms with Gasteiger partial charge < -0.3 is 4.74 Å². The van der Waals surface area contributed by atoms with Crippen molar-refractivity contribution in [1.29, 1.82) is 0 Å². The number of rotatable bonds is 2. The fourth-order valence-corrected chi connectivity index (χ4v) is 1.61. The van der Waals surface area contributed by atoms with E-state index in [0.717, 1.165) is 6.61 Å². The second-order valence-corrected chi connectivity index (χ2v) is 4.74. The summed E-state index contributed by atoms with van der Waals surface area (Å²) < 4.78 is 5.04. The maximum atomic E-state index is 5.04. The molecule has 0 aliphatic carbocycles. The van der Waals surface area contributed by atoms with E-state index in [4.69, 9.17) is 4.74 Å². The van der Waals surface area contributed by atoms with Gasteiger partial charge in [0.2, 0.25) is 0 Å². The van der Waals surface area contributed by atoms with Crippen LogP contribution in [0.25, 0.3) is 0 Å². The Morgan fingerprint density at radius 1 is 1.71 bits per heavy atom. The summed E-state index contributed by atoms with van der Waals surface area (Å²) in [5, 5.41) is 0. The summed E-state index contributed by atoms with van der Waals surface area (Å²) in [6.07, 6.45) is 1.97. The maximum Gasteiger partial charge on any atom is 0.0848 e. The summed E-state index contributed by atoms with van der Waals surface area (Å²) in [5.41, 5.74) is 0. The minimum absolute atomic E-state index is 0.298. The second kappa shape index (κ2) is 2.11. The van der Waals surface area contributed by atoms with Crippen LogP contribution in [0.5, 0.6) is 0 Å². The smallest absolute Gasteiger partial charge is 0.0848 e. The number of hydrogen-bond donors (Lipinski definition) is 0. The van der Waals surface area contributed by atoms with Gasteiger partial charge >= 0.3 is 0 Å². The fourth-order valence-electron chi connectivity index (χ4n) is 0.581. The van der Waals surface area contributed by atoms with Crippen LogP contribution in [0.1, 0.15) is 0 Å². The van der Waals surface area contributed by atoms with Crippen molar-refractivity contribution < 1.29 is 4.74 Å². The molecule has 0 amide bonds. The zero-order chi connectivity index (χ0) is 5.28. The van der Waals surface area contributed by atoms with Gasteiger partial charge in [-0.3, -0.25) is 0 Å². The predicted molar refractivity (Wildman–Crippen MR) is 33.4 cm³/mol. The van der Waals surface area contributed by atoms with Crippen molar-refractivity contribution in [3.8, 4) is 0 Å². The topological polar surface area (TPSA) is 12.5 Å². The molecule has 1 atom stereocenters. The lowest BCUT2D eigenvalue weighted by Crippen LogP contribution is -1.89. The van der Waals surface area contributed by atoms with Gasteiger partial charge in [-0.05, 0) is 19.5 Å². The number of hydrogen-bond acceptors (Lipinski definition) is 1. The molecule has 1 aliphatic rings. The monoisotopic (exact) mass is 118 g/mol. The average molecular weight is 118 g/mol. The van der Waals surface area contributed by atoms with Crippen molar-refractivity contribution in [1.82, 2.24) is 0 Å². The molecule has 1 heterocycles. The Morgan fingerprint density at radius 3 is 2.43 bits per heavy atom. The molecule has 0 saturated carbocycles. The van der Waals surface area contributed by atoms with E-state index in [-0.39, 0.29) is 0 Å². The van der Waals surface area contributed by atoms with Crippen molar-refractivity contribution in [3.05, 3.63) is 0 Å². The molecular weight excluding hydrogens is 107 g/mol. The maximum absolute atomic E-state index is 5.04. The van der Waals surface area contributed by atoms with Crippen molar-refractivity contribution in [2.24, 2.45) is 0 Å². The standard InChI is InChI=1S/C5H11OP/c1-7(2)4-5-3-6-5/h5H,3-4H2,1-2H3. The third-order valence-electron chi connectivity index (χ3n) is 0.971. The molecule has 1 rings (SSSR count). The Hall–Kier alpha value is 0.390. The fraction of sp³-hybridized carbons (Fsp3) is 1.00. The van der Waals surface area contributed by atoms with Gasteiger partial charge in [-0.25, -0.2) is 0 Å². The molecule has 0 radical (unpaired) electrons. The van der Waals surface area contributed by atoms with Gasteiger partial charge in [-0.2, -0.15) is 0 Å². The van der Waals surface area contributed by atoms with Crippen LogP contribution in [0, 0.1) is 0 Å². The lowest BCUT2D eigenvalue weighted by atomic mass is 10.6. The summed E-state index contributed by atoms with van der Waals surface area (Å²) >= 11 is 0. The van der Waals surface area contributed by atoms with Crippen LogP contribution < -0.4 is 0 Å². The van der Waals surface area contributed by atoms with Crippen molar-refractivity contribution >= 4 is 7.92 Å².